The van der Waals surface area contributed by atoms with Crippen molar-refractivity contribution in [3.8, 4) is 0 Å². The highest BCUT2D eigenvalue weighted by atomic mass is 32.2. The van der Waals surface area contributed by atoms with Crippen molar-refractivity contribution in [1.29, 1.82) is 0 Å². The molecule has 1 aliphatic heterocycles. The lowest BCUT2D eigenvalue weighted by molar-refractivity contribution is 0.00578. The van der Waals surface area contributed by atoms with E-state index in [2.05, 4.69) is 0 Å². The highest BCUT2D eigenvalue weighted by Crippen LogP contribution is 2.47. The molecule has 4 aromatic rings. The molecule has 2 N–H and O–H groups in total. The van der Waals surface area contributed by atoms with E-state index >= 15 is 4.39 Å². The molecule has 1 saturated heterocycles. The number of carbonyl (C=O) groups is 1. The van der Waals surface area contributed by atoms with Crippen LogP contribution in [0.25, 0.3) is 11.0 Å². The van der Waals surface area contributed by atoms with Crippen molar-refractivity contribution in [2.75, 3.05) is 10.8 Å². The number of nitrogens with two attached hydrogens (primary N) is 1. The van der Waals surface area contributed by atoms with Crippen molar-refractivity contribution < 1.29 is 36.1 Å². The molecule has 1 saturated carbocycles. The fraction of sp³-hybridized carbons (Fsp3) is 0.382. The second kappa shape index (κ2) is 12.2. The Morgan fingerprint density at radius 3 is 2.26 bits per heavy atom. The van der Waals surface area contributed by atoms with Crippen molar-refractivity contribution in [2.45, 2.75) is 76.9 Å². The maximum absolute atomic E-state index is 15.2. The first kappa shape index (κ1) is 32.4. The van der Waals surface area contributed by atoms with E-state index in [4.69, 9.17) is 19.5 Å². The molecule has 0 radical (unpaired) electrons. The molecule has 1 aromatic heterocycles. The van der Waals surface area contributed by atoms with Crippen molar-refractivity contribution in [3.63, 3.8) is 0 Å². The van der Waals surface area contributed by atoms with Gasteiger partial charge >= 0.3 is 7.12 Å². The van der Waals surface area contributed by atoms with Gasteiger partial charge in [0, 0.05) is 41.1 Å². The van der Waals surface area contributed by atoms with E-state index in [0.29, 0.717) is 40.7 Å². The van der Waals surface area contributed by atoms with Crippen LogP contribution >= 0.6 is 0 Å². The smallest absolute Gasteiger partial charge is 0.497 e. The molecule has 0 bridgehead atoms. The molecule has 2 fully saturated rings. The van der Waals surface area contributed by atoms with Gasteiger partial charge in [0.15, 0.2) is 0 Å². The first-order valence-corrected chi connectivity index (χ1v) is 16.4. The summed E-state index contributed by atoms with van der Waals surface area (Å²) in [6.45, 7) is 7.78. The predicted molar refractivity (Wildman–Crippen MR) is 173 cm³/mol. The van der Waals surface area contributed by atoms with Gasteiger partial charge in [0.2, 0.25) is 0 Å². The number of halogens is 2. The molecule has 1 atom stereocenters. The Hall–Kier alpha value is -3.58. The number of primary amides is 1. The van der Waals surface area contributed by atoms with Gasteiger partial charge in [-0.2, -0.15) is 0 Å². The van der Waals surface area contributed by atoms with E-state index in [1.54, 1.807) is 30.3 Å². The molecule has 3 aromatic carbocycles. The van der Waals surface area contributed by atoms with Crippen LogP contribution in [0.15, 0.2) is 59.0 Å². The summed E-state index contributed by atoms with van der Waals surface area (Å²) in [7, 11) is -0.818. The number of carbonyl (C=O) groups excluding carboxylic acids is 1. The lowest BCUT2D eigenvalue weighted by Crippen LogP contribution is -2.41. The monoisotopic (exact) mass is 649 g/mol. The highest BCUT2D eigenvalue weighted by molar-refractivity contribution is 7.80. The maximum atomic E-state index is 15.2. The zero-order valence-electron chi connectivity index (χ0n) is 26.2. The first-order valence-electron chi connectivity index (χ1n) is 15.4. The van der Waals surface area contributed by atoms with E-state index in [9.17, 15) is 17.9 Å². The third-order valence-electron chi connectivity index (χ3n) is 9.30. The van der Waals surface area contributed by atoms with Crippen molar-refractivity contribution in [1.82, 2.24) is 0 Å². The third-order valence-corrected chi connectivity index (χ3v) is 10.0. The summed E-state index contributed by atoms with van der Waals surface area (Å²) in [6.07, 6.45) is 2.84. The number of amides is 1. The van der Waals surface area contributed by atoms with Crippen LogP contribution in [0.4, 0.5) is 14.5 Å². The van der Waals surface area contributed by atoms with Crippen molar-refractivity contribution in [3.05, 3.63) is 94.2 Å². The molecule has 1 aliphatic carbocycles. The van der Waals surface area contributed by atoms with E-state index in [1.807, 2.05) is 33.8 Å². The lowest BCUT2D eigenvalue weighted by Gasteiger charge is -2.32. The van der Waals surface area contributed by atoms with Gasteiger partial charge in [0.05, 0.1) is 22.5 Å². The van der Waals surface area contributed by atoms with Gasteiger partial charge in [-0.3, -0.25) is 9.00 Å². The minimum Gasteiger partial charge on any atom is -0.755 e. The zero-order chi connectivity index (χ0) is 33.0. The van der Waals surface area contributed by atoms with Crippen molar-refractivity contribution >= 4 is 46.4 Å². The molecule has 0 spiro atoms. The fourth-order valence-electron chi connectivity index (χ4n) is 5.91. The average molecular weight is 650 g/mol. The SMILES string of the molecule is CC1(C)OB(c2ccc(CCCN(c3cc4oc(Cc5ccc(F)cc5)c(C(N)=O)c4cc3C3CC3)S(=O)[O-])cc2F)OC1(C)C. The molecule has 12 heteroatoms. The van der Waals surface area contributed by atoms with Gasteiger partial charge < -0.3 is 28.3 Å². The van der Waals surface area contributed by atoms with Crippen molar-refractivity contribution in [2.24, 2.45) is 5.73 Å². The Bertz CT molecular complexity index is 1810. The molecular formula is C34H36BF2N2O6S-. The summed E-state index contributed by atoms with van der Waals surface area (Å²) < 4.78 is 73.2. The highest BCUT2D eigenvalue weighted by Gasteiger charge is 2.52. The van der Waals surface area contributed by atoms with Crippen LogP contribution in [-0.2, 0) is 33.4 Å². The van der Waals surface area contributed by atoms with E-state index < -0.39 is 41.3 Å². The Kier molecular flexibility index (Phi) is 8.60. The minimum atomic E-state index is -2.61. The van der Waals surface area contributed by atoms with Crippen LogP contribution in [0.5, 0.6) is 0 Å². The quantitative estimate of drug-likeness (QED) is 0.162. The van der Waals surface area contributed by atoms with E-state index in [-0.39, 0.29) is 30.3 Å². The molecule has 1 amide bonds. The second-order valence-corrected chi connectivity index (χ2v) is 14.0. The molecule has 2 aliphatic rings. The van der Waals surface area contributed by atoms with Crippen LogP contribution in [0, 0.1) is 11.6 Å². The van der Waals surface area contributed by atoms with E-state index in [1.165, 1.54) is 22.5 Å². The largest absolute Gasteiger partial charge is 0.755 e. The Labute approximate surface area is 269 Å². The van der Waals surface area contributed by atoms with Gasteiger partial charge in [-0.15, -0.1) is 0 Å². The predicted octanol–water partition coefficient (Wildman–Crippen LogP) is 5.81. The molecule has 1 unspecified atom stereocenters. The van der Waals surface area contributed by atoms with Crippen LogP contribution < -0.4 is 15.5 Å². The summed E-state index contributed by atoms with van der Waals surface area (Å²) in [4.78, 5) is 12.6. The van der Waals surface area contributed by atoms with E-state index in [0.717, 1.165) is 29.5 Å². The summed E-state index contributed by atoms with van der Waals surface area (Å²) >= 11 is -2.61. The number of hydrogen-bond donors (Lipinski definition) is 1. The number of benzene rings is 3. The van der Waals surface area contributed by atoms with Crippen LogP contribution in [0.1, 0.15) is 85.7 Å². The van der Waals surface area contributed by atoms with Crippen LogP contribution in [0.3, 0.4) is 0 Å². The maximum Gasteiger partial charge on any atom is 0.497 e. The number of furan rings is 1. The lowest BCUT2D eigenvalue weighted by atomic mass is 9.78. The average Bonchev–Trinajstić information content (AvgIpc) is 3.71. The topological polar surface area (TPSA) is 118 Å². The van der Waals surface area contributed by atoms with Crippen LogP contribution in [-0.4, -0.2) is 39.5 Å². The Morgan fingerprint density at radius 2 is 1.67 bits per heavy atom. The first-order chi connectivity index (χ1) is 21.7. The standard InChI is InChI=1S/C34H37BF2N2O6S/c1-33(2)34(3,4)45-35(44-33)26-14-9-20(16-27(26)37)6-5-15-39(46(41)42)28-19-29-25(18-24(28)22-10-11-22)31(32(38)40)30(43-29)17-21-7-12-23(36)13-8-21/h7-9,12-14,16,18-19,22H,5-6,10-11,15,17H2,1-4H3,(H2,38,40)(H,41,42)/p-1. The molecule has 46 heavy (non-hydrogen) atoms. The Balaban J connectivity index is 1.23. The minimum absolute atomic E-state index is 0.137. The number of anilines is 1. The number of hydrogen-bond acceptors (Lipinski definition) is 6. The molecular weight excluding hydrogens is 613 g/mol. The Morgan fingerprint density at radius 1 is 1.02 bits per heavy atom. The number of nitrogens with zero attached hydrogens (tertiary/aromatic N) is 1. The number of rotatable bonds is 11. The number of aryl methyl sites for hydroxylation is 1. The van der Waals surface area contributed by atoms with Gasteiger partial charge in [0.1, 0.15) is 23.0 Å². The third kappa shape index (κ3) is 6.36. The second-order valence-electron chi connectivity index (χ2n) is 13.1. The summed E-state index contributed by atoms with van der Waals surface area (Å²) in [6, 6.07) is 14.2. The van der Waals surface area contributed by atoms with Gasteiger partial charge in [-0.25, -0.2) is 8.78 Å². The summed E-state index contributed by atoms with van der Waals surface area (Å²) in [5.41, 5.74) is 8.20. The summed E-state index contributed by atoms with van der Waals surface area (Å²) in [5.74, 6) is -1.02. The van der Waals surface area contributed by atoms with Gasteiger partial charge in [-0.05, 0) is 100 Å². The molecule has 8 nitrogen and oxygen atoms in total. The zero-order valence-corrected chi connectivity index (χ0v) is 27.0. The molecule has 2 heterocycles. The summed E-state index contributed by atoms with van der Waals surface area (Å²) in [5, 5.41) is 0.518. The normalized spacial score (nSPS) is 17.8. The van der Waals surface area contributed by atoms with Gasteiger partial charge in [-0.1, -0.05) is 24.3 Å². The number of fused-ring (bicyclic) bond motifs is 1. The fourth-order valence-corrected chi connectivity index (χ4v) is 6.51. The van der Waals surface area contributed by atoms with Crippen LogP contribution in [0.2, 0.25) is 0 Å². The molecule has 242 valence electrons. The van der Waals surface area contributed by atoms with Gasteiger partial charge in [0.25, 0.3) is 5.91 Å². The molecule has 6 rings (SSSR count).